The van der Waals surface area contributed by atoms with Gasteiger partial charge < -0.3 is 10.1 Å². The number of halogens is 1. The van der Waals surface area contributed by atoms with Crippen molar-refractivity contribution in [3.8, 4) is 0 Å². The van der Waals surface area contributed by atoms with E-state index in [1.165, 1.54) is 6.08 Å². The van der Waals surface area contributed by atoms with Crippen LogP contribution in [0, 0.1) is 0 Å². The lowest BCUT2D eigenvalue weighted by atomic mass is 10.00. The molecule has 3 nitrogen and oxygen atoms in total. The monoisotopic (exact) mass is 195 g/mol. The van der Waals surface area contributed by atoms with E-state index in [-0.39, 0.29) is 12.2 Å². The lowest BCUT2D eigenvalue weighted by Gasteiger charge is -2.07. The maximum atomic E-state index is 13.0. The Bertz CT molecular complexity index is 406. The lowest BCUT2D eigenvalue weighted by Crippen LogP contribution is -2.02. The molecule has 74 valence electrons. The van der Waals surface area contributed by atoms with E-state index in [1.54, 1.807) is 6.20 Å². The van der Waals surface area contributed by atoms with Crippen LogP contribution in [-0.2, 0) is 17.6 Å². The standard InChI is InChI=1S/C10H10FNO2/c11-7-1-2-9-8(4-7)6(5-12-9)3-10(13)14/h4-5,12H,1-3H2,(H,13,14). The van der Waals surface area contributed by atoms with Crippen LogP contribution in [0.15, 0.2) is 12.0 Å². The maximum absolute atomic E-state index is 13.0. The van der Waals surface area contributed by atoms with E-state index in [9.17, 15) is 9.18 Å². The first-order valence-electron chi connectivity index (χ1n) is 4.44. The number of carbonyl (C=O) groups is 1. The number of aliphatic carboxylic acids is 1. The van der Waals surface area contributed by atoms with Crippen LogP contribution in [-0.4, -0.2) is 16.1 Å². The Labute approximate surface area is 80.3 Å². The molecule has 0 radical (unpaired) electrons. The Morgan fingerprint density at radius 1 is 1.57 bits per heavy atom. The third-order valence-electron chi connectivity index (χ3n) is 2.35. The number of aryl methyl sites for hydroxylation is 1. The quantitative estimate of drug-likeness (QED) is 0.757. The Morgan fingerprint density at radius 3 is 3.07 bits per heavy atom. The number of allylic oxidation sites excluding steroid dienone is 1. The van der Waals surface area contributed by atoms with Crippen molar-refractivity contribution in [2.24, 2.45) is 0 Å². The van der Waals surface area contributed by atoms with Gasteiger partial charge in [-0.3, -0.25) is 4.79 Å². The zero-order valence-electron chi connectivity index (χ0n) is 7.51. The highest BCUT2D eigenvalue weighted by Crippen LogP contribution is 2.27. The largest absolute Gasteiger partial charge is 0.481 e. The molecule has 0 spiro atoms. The topological polar surface area (TPSA) is 53.1 Å². The average molecular weight is 195 g/mol. The van der Waals surface area contributed by atoms with E-state index < -0.39 is 5.97 Å². The summed E-state index contributed by atoms with van der Waals surface area (Å²) in [5.41, 5.74) is 2.31. The highest BCUT2D eigenvalue weighted by Gasteiger charge is 2.16. The van der Waals surface area contributed by atoms with Gasteiger partial charge in [0, 0.05) is 23.9 Å². The van der Waals surface area contributed by atoms with E-state index >= 15 is 0 Å². The molecule has 0 unspecified atom stereocenters. The van der Waals surface area contributed by atoms with Gasteiger partial charge in [0.2, 0.25) is 0 Å². The molecular weight excluding hydrogens is 185 g/mol. The van der Waals surface area contributed by atoms with Gasteiger partial charge in [-0.05, 0) is 18.1 Å². The molecule has 2 N–H and O–H groups in total. The van der Waals surface area contributed by atoms with Crippen LogP contribution < -0.4 is 0 Å². The summed E-state index contributed by atoms with van der Waals surface area (Å²) in [6, 6.07) is 0. The molecule has 1 aromatic rings. The maximum Gasteiger partial charge on any atom is 0.307 e. The Morgan fingerprint density at radius 2 is 2.36 bits per heavy atom. The Hall–Kier alpha value is -1.58. The highest BCUT2D eigenvalue weighted by molar-refractivity contribution is 5.73. The molecular formula is C10H10FNO2. The van der Waals surface area contributed by atoms with Gasteiger partial charge in [0.1, 0.15) is 5.83 Å². The summed E-state index contributed by atoms with van der Waals surface area (Å²) < 4.78 is 13.0. The van der Waals surface area contributed by atoms with E-state index in [0.717, 1.165) is 11.3 Å². The van der Waals surface area contributed by atoms with Crippen LogP contribution in [0.3, 0.4) is 0 Å². The highest BCUT2D eigenvalue weighted by atomic mass is 19.1. The molecule has 4 heteroatoms. The molecule has 0 saturated heterocycles. The van der Waals surface area contributed by atoms with Gasteiger partial charge in [0.05, 0.1) is 6.42 Å². The van der Waals surface area contributed by atoms with Crippen LogP contribution in [0.5, 0.6) is 0 Å². The molecule has 0 saturated carbocycles. The molecule has 2 rings (SSSR count). The normalized spacial score (nSPS) is 14.8. The zero-order valence-corrected chi connectivity index (χ0v) is 7.51. The molecule has 1 aliphatic carbocycles. The van der Waals surface area contributed by atoms with Crippen LogP contribution in [0.1, 0.15) is 23.2 Å². The summed E-state index contributed by atoms with van der Waals surface area (Å²) >= 11 is 0. The number of fused-ring (bicyclic) bond motifs is 1. The number of carboxylic acids is 1. The number of aromatic nitrogens is 1. The number of carboxylic acid groups (broad SMARTS) is 1. The SMILES string of the molecule is O=C(O)Cc1c[nH]c2c1C=C(F)CC2. The van der Waals surface area contributed by atoms with Crippen molar-refractivity contribution in [3.63, 3.8) is 0 Å². The number of nitrogens with one attached hydrogen (secondary N) is 1. The molecule has 0 atom stereocenters. The van der Waals surface area contributed by atoms with Crippen molar-refractivity contribution in [1.82, 2.24) is 4.98 Å². The van der Waals surface area contributed by atoms with E-state index in [1.807, 2.05) is 0 Å². The van der Waals surface area contributed by atoms with Crippen LogP contribution in [0.25, 0.3) is 6.08 Å². The van der Waals surface area contributed by atoms with Gasteiger partial charge in [-0.15, -0.1) is 0 Å². The molecule has 1 aliphatic rings. The summed E-state index contributed by atoms with van der Waals surface area (Å²) in [5.74, 6) is -1.07. The second kappa shape index (κ2) is 3.29. The number of rotatable bonds is 2. The Kier molecular flexibility index (Phi) is 2.11. The number of hydrogen-bond acceptors (Lipinski definition) is 1. The number of hydrogen-bond donors (Lipinski definition) is 2. The third-order valence-corrected chi connectivity index (χ3v) is 2.35. The molecule has 0 aromatic carbocycles. The summed E-state index contributed by atoms with van der Waals surface area (Å²) in [6.07, 6.45) is 4.04. The molecule has 0 fully saturated rings. The second-order valence-electron chi connectivity index (χ2n) is 3.37. The molecule has 0 amide bonds. The summed E-state index contributed by atoms with van der Waals surface area (Å²) in [4.78, 5) is 13.5. The van der Waals surface area contributed by atoms with Crippen LogP contribution in [0.2, 0.25) is 0 Å². The van der Waals surface area contributed by atoms with Gasteiger partial charge in [-0.25, -0.2) is 4.39 Å². The third kappa shape index (κ3) is 1.55. The van der Waals surface area contributed by atoms with Crippen molar-refractivity contribution in [1.29, 1.82) is 0 Å². The van der Waals surface area contributed by atoms with E-state index in [4.69, 9.17) is 5.11 Å². The van der Waals surface area contributed by atoms with Gasteiger partial charge in [-0.2, -0.15) is 0 Å². The lowest BCUT2D eigenvalue weighted by molar-refractivity contribution is -0.136. The first kappa shape index (κ1) is 8.99. The summed E-state index contributed by atoms with van der Waals surface area (Å²) in [7, 11) is 0. The predicted molar refractivity (Wildman–Crippen MR) is 49.5 cm³/mol. The van der Waals surface area contributed by atoms with Crippen LogP contribution in [0.4, 0.5) is 4.39 Å². The summed E-state index contributed by atoms with van der Waals surface area (Å²) in [5, 5.41) is 8.62. The minimum atomic E-state index is -0.897. The minimum Gasteiger partial charge on any atom is -0.481 e. The zero-order chi connectivity index (χ0) is 10.1. The number of aromatic amines is 1. The van der Waals surface area contributed by atoms with Gasteiger partial charge in [0.15, 0.2) is 0 Å². The van der Waals surface area contributed by atoms with Crippen molar-refractivity contribution >= 4 is 12.0 Å². The first-order valence-corrected chi connectivity index (χ1v) is 4.44. The summed E-state index contributed by atoms with van der Waals surface area (Å²) in [6.45, 7) is 0. The fraction of sp³-hybridized carbons (Fsp3) is 0.300. The smallest absolute Gasteiger partial charge is 0.307 e. The number of H-pyrrole nitrogens is 1. The average Bonchev–Trinajstić information content (AvgIpc) is 2.47. The fourth-order valence-electron chi connectivity index (χ4n) is 1.69. The second-order valence-corrected chi connectivity index (χ2v) is 3.37. The fourth-order valence-corrected chi connectivity index (χ4v) is 1.69. The minimum absolute atomic E-state index is 0.0599. The first-order chi connectivity index (χ1) is 6.66. The van der Waals surface area contributed by atoms with E-state index in [2.05, 4.69) is 4.98 Å². The Balaban J connectivity index is 2.37. The van der Waals surface area contributed by atoms with Gasteiger partial charge >= 0.3 is 5.97 Å². The van der Waals surface area contributed by atoms with E-state index in [0.29, 0.717) is 18.4 Å². The van der Waals surface area contributed by atoms with Crippen molar-refractivity contribution in [2.75, 3.05) is 0 Å². The predicted octanol–water partition coefficient (Wildman–Crippen LogP) is 1.90. The molecule has 14 heavy (non-hydrogen) atoms. The van der Waals surface area contributed by atoms with Crippen LogP contribution >= 0.6 is 0 Å². The molecule has 1 heterocycles. The molecule has 0 aliphatic heterocycles. The molecule has 0 bridgehead atoms. The van der Waals surface area contributed by atoms with Crippen molar-refractivity contribution < 1.29 is 14.3 Å². The molecule has 1 aromatic heterocycles. The van der Waals surface area contributed by atoms with Gasteiger partial charge in [-0.1, -0.05) is 0 Å². The van der Waals surface area contributed by atoms with Crippen molar-refractivity contribution in [3.05, 3.63) is 28.8 Å². The van der Waals surface area contributed by atoms with Gasteiger partial charge in [0.25, 0.3) is 0 Å². The van der Waals surface area contributed by atoms with Crippen molar-refractivity contribution in [2.45, 2.75) is 19.3 Å².